The molecule has 5 heterocycles. The quantitative estimate of drug-likeness (QED) is 0.352. The number of fused-ring (bicyclic) bond motifs is 3. The van der Waals surface area contributed by atoms with Crippen LogP contribution in [0.15, 0.2) is 42.7 Å². The Balaban J connectivity index is 1.07. The third-order valence-electron chi connectivity index (χ3n) is 9.31. The van der Waals surface area contributed by atoms with E-state index in [4.69, 9.17) is 0 Å². The van der Waals surface area contributed by atoms with Crippen LogP contribution in [0.3, 0.4) is 0 Å². The summed E-state index contributed by atoms with van der Waals surface area (Å²) in [4.78, 5) is 71.9. The van der Waals surface area contributed by atoms with Crippen molar-refractivity contribution in [2.75, 3.05) is 13.1 Å². The van der Waals surface area contributed by atoms with E-state index in [9.17, 15) is 33.1 Å². The van der Waals surface area contributed by atoms with Crippen molar-refractivity contribution >= 4 is 46.7 Å². The van der Waals surface area contributed by atoms with Gasteiger partial charge in [0, 0.05) is 36.2 Å². The van der Waals surface area contributed by atoms with Crippen molar-refractivity contribution < 1.29 is 33.1 Å². The fraction of sp³-hybridized carbons (Fsp3) is 0.483. The van der Waals surface area contributed by atoms with Gasteiger partial charge in [0.1, 0.15) is 17.9 Å². The van der Waals surface area contributed by atoms with Gasteiger partial charge in [0.05, 0.1) is 10.8 Å². The molecule has 2 aromatic heterocycles. The van der Waals surface area contributed by atoms with Crippen molar-refractivity contribution in [3.05, 3.63) is 59.0 Å². The zero-order valence-electron chi connectivity index (χ0n) is 23.1. The molecule has 14 heteroatoms. The van der Waals surface area contributed by atoms with E-state index >= 15 is 0 Å². The van der Waals surface area contributed by atoms with Crippen LogP contribution in [0.25, 0.3) is 10.1 Å². The van der Waals surface area contributed by atoms with Gasteiger partial charge in [-0.15, -0.1) is 11.3 Å². The second-order valence-electron chi connectivity index (χ2n) is 12.1. The van der Waals surface area contributed by atoms with E-state index in [-0.39, 0.29) is 29.3 Å². The Morgan fingerprint density at radius 1 is 1.07 bits per heavy atom. The second-order valence-corrected chi connectivity index (χ2v) is 14.8. The number of nitrogens with zero attached hydrogens (tertiary/aromatic N) is 4. The van der Waals surface area contributed by atoms with E-state index < -0.39 is 31.5 Å². The summed E-state index contributed by atoms with van der Waals surface area (Å²) in [5.74, 6) is -1.57. The molecule has 1 saturated carbocycles. The van der Waals surface area contributed by atoms with E-state index in [0.717, 1.165) is 30.6 Å². The van der Waals surface area contributed by atoms with Crippen LogP contribution in [0.5, 0.6) is 0 Å². The number of alkyl halides is 1. The number of rotatable bonds is 6. The van der Waals surface area contributed by atoms with Gasteiger partial charge in [0.15, 0.2) is 0 Å². The molecule has 4 fully saturated rings. The molecule has 3 amide bonds. The van der Waals surface area contributed by atoms with E-state index in [0.29, 0.717) is 58.6 Å². The molecule has 1 aliphatic carbocycles. The zero-order chi connectivity index (χ0) is 30.0. The van der Waals surface area contributed by atoms with Crippen molar-refractivity contribution in [2.24, 2.45) is 11.8 Å². The van der Waals surface area contributed by atoms with Gasteiger partial charge in [-0.2, -0.15) is 0 Å². The van der Waals surface area contributed by atoms with Crippen LogP contribution in [0.4, 0.5) is 4.39 Å². The van der Waals surface area contributed by atoms with Crippen molar-refractivity contribution in [3.8, 4) is 0 Å². The van der Waals surface area contributed by atoms with Gasteiger partial charge in [-0.05, 0) is 79.2 Å². The van der Waals surface area contributed by atoms with Gasteiger partial charge < -0.3 is 24.9 Å². The molecule has 0 spiro atoms. The molecule has 6 atom stereocenters. The van der Waals surface area contributed by atoms with Crippen LogP contribution in [-0.4, -0.2) is 78.5 Å². The number of aromatic nitrogens is 2. The Morgan fingerprint density at radius 3 is 2.56 bits per heavy atom. The van der Waals surface area contributed by atoms with Crippen LogP contribution in [-0.2, 0) is 14.2 Å². The lowest BCUT2D eigenvalue weighted by Gasteiger charge is -2.42. The van der Waals surface area contributed by atoms with Crippen molar-refractivity contribution in [2.45, 2.75) is 62.1 Å². The second kappa shape index (κ2) is 10.7. The monoisotopic (exact) mass is 627 g/mol. The summed E-state index contributed by atoms with van der Waals surface area (Å²) in [5.41, 5.74) is -0.166. The molecule has 3 aromatic rings. The molecule has 11 nitrogen and oxygen atoms in total. The lowest BCUT2D eigenvalue weighted by Crippen LogP contribution is -2.59. The minimum absolute atomic E-state index is 0.0314. The number of hydrogen-bond donors (Lipinski definition) is 3. The highest BCUT2D eigenvalue weighted by Crippen LogP contribution is 2.53. The van der Waals surface area contributed by atoms with Gasteiger partial charge in [-0.25, -0.2) is 14.4 Å². The molecule has 0 radical (unpaired) electrons. The van der Waals surface area contributed by atoms with E-state index in [2.05, 4.69) is 15.3 Å². The standard InChI is InChI=1S/C29H31FN5O6PS/c30-25(42(39,40)41)15-2-5-23-18(8-15)12-24(43-23)27(36)33-21-11-17-9-16(17)10-20-3-4-22(35(20)28(21)37)29(38)34-13-19(14-34)26-31-6-1-7-32-26/h1-2,5-8,12,16-17,19-22,25H,3-4,9-11,13-14H2,(H,33,36)(H2,39,40,41)/t16-,17+,20-,21+,22+,25?/m1/s1. The fourth-order valence-corrected chi connectivity index (χ4v) is 8.43. The first-order valence-electron chi connectivity index (χ1n) is 14.5. The van der Waals surface area contributed by atoms with Crippen molar-refractivity contribution in [1.29, 1.82) is 0 Å². The summed E-state index contributed by atoms with van der Waals surface area (Å²) in [6.45, 7) is 1.03. The minimum Gasteiger partial charge on any atom is -0.340 e. The average molecular weight is 628 g/mol. The molecular formula is C29H31FN5O6PS. The molecule has 43 heavy (non-hydrogen) atoms. The largest absolute Gasteiger partial charge is 0.363 e. The lowest BCUT2D eigenvalue weighted by atomic mass is 9.97. The summed E-state index contributed by atoms with van der Waals surface area (Å²) in [5, 5.41) is 3.41. The number of halogens is 1. The van der Waals surface area contributed by atoms with Crippen LogP contribution in [0, 0.1) is 11.8 Å². The Kier molecular flexibility index (Phi) is 7.11. The molecular weight excluding hydrogens is 596 g/mol. The fourth-order valence-electron chi connectivity index (χ4n) is 6.93. The number of benzene rings is 1. The highest BCUT2D eigenvalue weighted by Gasteiger charge is 2.52. The maximum absolute atomic E-state index is 14.3. The minimum atomic E-state index is -4.97. The maximum atomic E-state index is 14.3. The van der Waals surface area contributed by atoms with E-state index in [1.165, 1.54) is 18.2 Å². The zero-order valence-corrected chi connectivity index (χ0v) is 24.8. The number of nitrogens with one attached hydrogen (secondary N) is 1. The Labute approximate surface area is 250 Å². The van der Waals surface area contributed by atoms with Crippen molar-refractivity contribution in [1.82, 2.24) is 25.1 Å². The summed E-state index contributed by atoms with van der Waals surface area (Å²) >= 11 is 1.16. The van der Waals surface area contributed by atoms with Crippen molar-refractivity contribution in [3.63, 3.8) is 0 Å². The Morgan fingerprint density at radius 2 is 1.81 bits per heavy atom. The molecule has 0 bridgehead atoms. The third-order valence-corrected chi connectivity index (χ3v) is 11.3. The third kappa shape index (κ3) is 5.37. The van der Waals surface area contributed by atoms with Crippen LogP contribution < -0.4 is 5.32 Å². The maximum Gasteiger partial charge on any atom is 0.363 e. The summed E-state index contributed by atoms with van der Waals surface area (Å²) in [6.07, 6.45) is 7.13. The molecule has 226 valence electrons. The number of carbonyl (C=O) groups excluding carboxylic acids is 3. The predicted octanol–water partition coefficient (Wildman–Crippen LogP) is 3.35. The molecule has 3 N–H and O–H groups in total. The predicted molar refractivity (Wildman–Crippen MR) is 155 cm³/mol. The molecule has 1 unspecified atom stereocenters. The van der Waals surface area contributed by atoms with E-state index in [1.54, 1.807) is 34.3 Å². The first-order valence-corrected chi connectivity index (χ1v) is 17.0. The molecule has 3 aliphatic heterocycles. The first-order chi connectivity index (χ1) is 20.6. The lowest BCUT2D eigenvalue weighted by molar-refractivity contribution is -0.149. The summed E-state index contributed by atoms with van der Waals surface area (Å²) < 4.78 is 26.3. The topological polar surface area (TPSA) is 153 Å². The SMILES string of the molecule is O=C(N[C@H]1C[C@@H]2C[C@@H]2C[C@H]2CC[C@@H](C(=O)N3CC(c4ncccn4)C3)N2C1=O)c1cc2cc(C(F)P(=O)(O)O)ccc2s1. The summed E-state index contributed by atoms with van der Waals surface area (Å²) in [6, 6.07) is 6.09. The number of thiophene rings is 1. The number of carbonyl (C=O) groups is 3. The van der Waals surface area contributed by atoms with Crippen LogP contribution in [0.2, 0.25) is 0 Å². The highest BCUT2D eigenvalue weighted by molar-refractivity contribution is 7.51. The Bertz CT molecular complexity index is 1640. The molecule has 4 aliphatic rings. The smallest absolute Gasteiger partial charge is 0.340 e. The molecule has 3 saturated heterocycles. The van der Waals surface area contributed by atoms with Crippen LogP contribution in [0.1, 0.15) is 65.0 Å². The van der Waals surface area contributed by atoms with E-state index in [1.807, 2.05) is 0 Å². The Hall–Kier alpha value is -3.25. The number of likely N-dealkylation sites (tertiary alicyclic amines) is 1. The first kappa shape index (κ1) is 28.5. The van der Waals surface area contributed by atoms with Gasteiger partial charge in [0.25, 0.3) is 5.91 Å². The molecule has 1 aromatic carbocycles. The number of amides is 3. The van der Waals surface area contributed by atoms with Gasteiger partial charge in [-0.3, -0.25) is 18.9 Å². The highest BCUT2D eigenvalue weighted by atomic mass is 32.1. The number of hydrogen-bond acceptors (Lipinski definition) is 7. The average Bonchev–Trinajstić information content (AvgIpc) is 3.33. The van der Waals surface area contributed by atoms with Gasteiger partial charge >= 0.3 is 7.60 Å². The molecule has 7 rings (SSSR count). The summed E-state index contributed by atoms with van der Waals surface area (Å²) in [7, 11) is -4.97. The van der Waals surface area contributed by atoms with Gasteiger partial charge in [-0.1, -0.05) is 6.07 Å². The van der Waals surface area contributed by atoms with Gasteiger partial charge in [0.2, 0.25) is 17.7 Å². The normalized spacial score (nSPS) is 28.0. The van der Waals surface area contributed by atoms with Crippen LogP contribution >= 0.6 is 18.9 Å².